The van der Waals surface area contributed by atoms with Gasteiger partial charge in [-0.25, -0.2) is 0 Å². The van der Waals surface area contributed by atoms with Crippen LogP contribution in [0.3, 0.4) is 0 Å². The lowest BCUT2D eigenvalue weighted by molar-refractivity contribution is 0.183. The van der Waals surface area contributed by atoms with Crippen molar-refractivity contribution in [2.45, 2.75) is 32.1 Å². The van der Waals surface area contributed by atoms with Gasteiger partial charge in [0.25, 0.3) is 0 Å². The fourth-order valence-electron chi connectivity index (χ4n) is 4.89. The van der Waals surface area contributed by atoms with Gasteiger partial charge in [0.15, 0.2) is 0 Å². The van der Waals surface area contributed by atoms with Crippen molar-refractivity contribution in [2.24, 2.45) is 5.16 Å². The Balaban J connectivity index is 1.28. The smallest absolute Gasteiger partial charge is 0.119 e. The molecule has 1 aliphatic heterocycles. The van der Waals surface area contributed by atoms with Crippen LogP contribution < -0.4 is 10.1 Å². The highest BCUT2D eigenvalue weighted by molar-refractivity contribution is 6.04. The number of oxime groups is 1. The van der Waals surface area contributed by atoms with E-state index in [4.69, 9.17) is 4.74 Å². The van der Waals surface area contributed by atoms with Crippen molar-refractivity contribution in [3.05, 3.63) is 71.8 Å². The quantitative estimate of drug-likeness (QED) is 0.309. The zero-order valence-corrected chi connectivity index (χ0v) is 19.3. The molecule has 0 amide bonds. The van der Waals surface area contributed by atoms with Crippen molar-refractivity contribution >= 4 is 17.1 Å². The zero-order chi connectivity index (χ0) is 23.3. The maximum atomic E-state index is 10.1. The van der Waals surface area contributed by atoms with Crippen molar-refractivity contribution < 1.29 is 15.1 Å². The summed E-state index contributed by atoms with van der Waals surface area (Å²) in [5.41, 5.74) is 6.73. The first-order valence-electron chi connectivity index (χ1n) is 12.1. The normalized spacial score (nSPS) is 17.0. The molecule has 3 N–H and O–H groups in total. The van der Waals surface area contributed by atoms with E-state index in [9.17, 15) is 10.3 Å². The number of nitrogens with one attached hydrogen (secondary N) is 1. The molecule has 0 bridgehead atoms. The minimum absolute atomic E-state index is 0.208. The van der Waals surface area contributed by atoms with Crippen LogP contribution in [0.25, 0.3) is 11.1 Å². The number of hydrogen-bond acceptors (Lipinski definition) is 6. The van der Waals surface area contributed by atoms with Gasteiger partial charge in [-0.3, -0.25) is 4.90 Å². The first kappa shape index (κ1) is 22.3. The second-order valence-electron chi connectivity index (χ2n) is 9.05. The van der Waals surface area contributed by atoms with Crippen molar-refractivity contribution in [3.8, 4) is 22.6 Å². The predicted molar refractivity (Wildman–Crippen MR) is 136 cm³/mol. The molecule has 2 aliphatic rings. The average molecular weight is 458 g/mol. The summed E-state index contributed by atoms with van der Waals surface area (Å²) in [5.74, 6) is 1.07. The number of phenols is 1. The average Bonchev–Trinajstić information content (AvgIpc) is 3.28. The van der Waals surface area contributed by atoms with E-state index in [1.165, 1.54) is 37.9 Å². The highest BCUT2D eigenvalue weighted by atomic mass is 16.5. The van der Waals surface area contributed by atoms with Crippen LogP contribution in [-0.2, 0) is 6.42 Å². The lowest BCUT2D eigenvalue weighted by Gasteiger charge is -2.26. The third-order valence-electron chi connectivity index (χ3n) is 6.74. The van der Waals surface area contributed by atoms with Crippen molar-refractivity contribution in [1.82, 2.24) is 4.90 Å². The number of anilines is 2. The molecule has 6 heteroatoms. The molecule has 34 heavy (non-hydrogen) atoms. The number of ether oxygens (including phenoxy) is 1. The van der Waals surface area contributed by atoms with Crippen LogP contribution >= 0.6 is 0 Å². The number of benzene rings is 3. The molecule has 0 atom stereocenters. The molecule has 176 valence electrons. The van der Waals surface area contributed by atoms with E-state index < -0.39 is 0 Å². The Hall–Kier alpha value is -3.51. The van der Waals surface area contributed by atoms with Crippen LogP contribution in [0.1, 0.15) is 36.8 Å². The summed E-state index contributed by atoms with van der Waals surface area (Å²) < 4.78 is 5.95. The summed E-state index contributed by atoms with van der Waals surface area (Å²) in [6.07, 6.45) is 5.55. The van der Waals surface area contributed by atoms with E-state index in [1.54, 1.807) is 12.1 Å². The number of rotatable bonds is 7. The zero-order valence-electron chi connectivity index (χ0n) is 19.3. The lowest BCUT2D eigenvalue weighted by atomic mass is 9.98. The van der Waals surface area contributed by atoms with E-state index in [0.717, 1.165) is 58.9 Å². The first-order valence-corrected chi connectivity index (χ1v) is 12.1. The van der Waals surface area contributed by atoms with E-state index in [0.29, 0.717) is 6.61 Å². The van der Waals surface area contributed by atoms with Gasteiger partial charge < -0.3 is 20.4 Å². The van der Waals surface area contributed by atoms with Gasteiger partial charge in [-0.05, 0) is 86.3 Å². The van der Waals surface area contributed by atoms with E-state index in [1.807, 2.05) is 42.5 Å². The number of hydrogen-bond donors (Lipinski definition) is 3. The van der Waals surface area contributed by atoms with Gasteiger partial charge in [0.2, 0.25) is 0 Å². The molecule has 3 aromatic rings. The molecule has 1 aliphatic carbocycles. The van der Waals surface area contributed by atoms with Gasteiger partial charge in [0.1, 0.15) is 18.1 Å². The Morgan fingerprint density at radius 2 is 1.68 bits per heavy atom. The van der Waals surface area contributed by atoms with Gasteiger partial charge in [-0.15, -0.1) is 0 Å². The molecule has 0 saturated carbocycles. The van der Waals surface area contributed by atoms with Gasteiger partial charge in [0, 0.05) is 29.4 Å². The number of aryl methyl sites for hydroxylation is 1. The molecule has 6 nitrogen and oxygen atoms in total. The first-order chi connectivity index (χ1) is 16.7. The second-order valence-corrected chi connectivity index (χ2v) is 9.05. The SMILES string of the molecule is O/N=C1\CCc2cc(-c3ccc(O)cc3Nc3ccc(OCCN4CCCCC4)cc3)ccc21. The van der Waals surface area contributed by atoms with Crippen molar-refractivity contribution in [3.63, 3.8) is 0 Å². The highest BCUT2D eigenvalue weighted by Crippen LogP contribution is 2.36. The van der Waals surface area contributed by atoms with Crippen LogP contribution in [0.4, 0.5) is 11.4 Å². The minimum Gasteiger partial charge on any atom is -0.508 e. The number of piperidine rings is 1. The third kappa shape index (κ3) is 5.02. The summed E-state index contributed by atoms with van der Waals surface area (Å²) in [6.45, 7) is 4.03. The van der Waals surface area contributed by atoms with Gasteiger partial charge >= 0.3 is 0 Å². The Morgan fingerprint density at radius 1 is 0.882 bits per heavy atom. The molecule has 0 unspecified atom stereocenters. The van der Waals surface area contributed by atoms with E-state index in [2.05, 4.69) is 21.4 Å². The monoisotopic (exact) mass is 457 g/mol. The predicted octanol–water partition coefficient (Wildman–Crippen LogP) is 5.79. The summed E-state index contributed by atoms with van der Waals surface area (Å²) in [4.78, 5) is 2.47. The topological polar surface area (TPSA) is 77.3 Å². The summed E-state index contributed by atoms with van der Waals surface area (Å²) in [6, 6.07) is 19.5. The summed E-state index contributed by atoms with van der Waals surface area (Å²) in [7, 11) is 0. The number of nitrogens with zero attached hydrogens (tertiary/aromatic N) is 2. The van der Waals surface area contributed by atoms with Crippen LogP contribution in [0.2, 0.25) is 0 Å². The second kappa shape index (κ2) is 10.2. The van der Waals surface area contributed by atoms with Crippen molar-refractivity contribution in [2.75, 3.05) is 31.6 Å². The van der Waals surface area contributed by atoms with Crippen LogP contribution in [0, 0.1) is 0 Å². The number of aromatic hydroxyl groups is 1. The molecule has 1 heterocycles. The van der Waals surface area contributed by atoms with Crippen molar-refractivity contribution in [1.29, 1.82) is 0 Å². The molecule has 0 radical (unpaired) electrons. The molecule has 3 aromatic carbocycles. The maximum Gasteiger partial charge on any atom is 0.119 e. The van der Waals surface area contributed by atoms with Gasteiger partial charge in [-0.2, -0.15) is 0 Å². The number of likely N-dealkylation sites (tertiary alicyclic amines) is 1. The van der Waals surface area contributed by atoms with E-state index in [-0.39, 0.29) is 5.75 Å². The molecule has 1 saturated heterocycles. The molecule has 0 aromatic heterocycles. The van der Waals surface area contributed by atoms with Crippen LogP contribution in [-0.4, -0.2) is 47.2 Å². The molecule has 5 rings (SSSR count). The maximum absolute atomic E-state index is 10.1. The Morgan fingerprint density at radius 3 is 2.47 bits per heavy atom. The summed E-state index contributed by atoms with van der Waals surface area (Å²) in [5, 5.41) is 26.2. The Kier molecular flexibility index (Phi) is 6.67. The lowest BCUT2D eigenvalue weighted by Crippen LogP contribution is -2.33. The molecular weight excluding hydrogens is 426 g/mol. The fraction of sp³-hybridized carbons (Fsp3) is 0.321. The Labute approximate surface area is 200 Å². The Bertz CT molecular complexity index is 1170. The summed E-state index contributed by atoms with van der Waals surface area (Å²) >= 11 is 0. The molecular formula is C28H31N3O3. The highest BCUT2D eigenvalue weighted by Gasteiger charge is 2.19. The number of fused-ring (bicyclic) bond motifs is 1. The van der Waals surface area contributed by atoms with E-state index >= 15 is 0 Å². The van der Waals surface area contributed by atoms with Crippen LogP contribution in [0.15, 0.2) is 65.8 Å². The largest absolute Gasteiger partial charge is 0.508 e. The van der Waals surface area contributed by atoms with Gasteiger partial charge in [-0.1, -0.05) is 29.8 Å². The number of phenolic OH excluding ortho intramolecular Hbond substituents is 1. The minimum atomic E-state index is 0.208. The van der Waals surface area contributed by atoms with Gasteiger partial charge in [0.05, 0.1) is 11.4 Å². The molecule has 0 spiro atoms. The third-order valence-corrected chi connectivity index (χ3v) is 6.74. The standard InChI is InChI=1S/C28H31N3O3/c32-23-8-12-26(20-4-11-25-21(18-20)5-13-27(25)30-33)28(19-23)29-22-6-9-24(10-7-22)34-17-16-31-14-2-1-3-15-31/h4,6-12,18-19,29,32-33H,1-3,5,13-17H2/b30-27+. The van der Waals surface area contributed by atoms with Crippen LogP contribution in [0.5, 0.6) is 11.5 Å². The fourth-order valence-corrected chi connectivity index (χ4v) is 4.89. The molecule has 1 fully saturated rings.